The summed E-state index contributed by atoms with van der Waals surface area (Å²) in [5.41, 5.74) is 10.1. The fourth-order valence-electron chi connectivity index (χ4n) is 3.54. The van der Waals surface area contributed by atoms with Gasteiger partial charge >= 0.3 is 0 Å². The van der Waals surface area contributed by atoms with E-state index >= 15 is 0 Å². The molecule has 0 aromatic heterocycles. The van der Waals surface area contributed by atoms with Crippen LogP contribution in [0.1, 0.15) is 29.5 Å². The summed E-state index contributed by atoms with van der Waals surface area (Å²) in [6, 6.07) is 19.3. The fourth-order valence-corrected chi connectivity index (χ4v) is 3.54. The van der Waals surface area contributed by atoms with Gasteiger partial charge in [-0.15, -0.1) is 24.0 Å². The van der Waals surface area contributed by atoms with Crippen LogP contribution < -0.4 is 11.1 Å². The lowest BCUT2D eigenvalue weighted by molar-refractivity contribution is 0.180. The maximum Gasteiger partial charge on any atom is 0.188 e. The largest absolute Gasteiger partial charge is 0.370 e. The molecule has 1 fully saturated rings. The van der Waals surface area contributed by atoms with Gasteiger partial charge in [-0.3, -0.25) is 9.89 Å². The molecule has 1 aliphatic rings. The molecule has 1 aliphatic heterocycles. The molecule has 2 aromatic rings. The first-order chi connectivity index (χ1) is 13.2. The predicted molar refractivity (Wildman–Crippen MR) is 129 cm³/mol. The molecule has 0 saturated carbocycles. The SMILES string of the molecule is Cc1ccc(CN2CCC(CN=C(N)NCCc3ccccc3)CC2)cc1.I. The highest BCUT2D eigenvalue weighted by molar-refractivity contribution is 14.0. The molecular formula is C23H33IN4. The quantitative estimate of drug-likeness (QED) is 0.350. The van der Waals surface area contributed by atoms with Crippen LogP contribution in [0.4, 0.5) is 0 Å². The number of nitrogens with two attached hydrogens (primary N) is 1. The molecule has 0 atom stereocenters. The predicted octanol–water partition coefficient (Wildman–Crippen LogP) is 3.97. The number of guanidine groups is 1. The summed E-state index contributed by atoms with van der Waals surface area (Å²) in [4.78, 5) is 7.11. The first-order valence-electron chi connectivity index (χ1n) is 10.0. The van der Waals surface area contributed by atoms with Gasteiger partial charge in [-0.05, 0) is 56.3 Å². The first-order valence-corrected chi connectivity index (χ1v) is 10.0. The first kappa shape index (κ1) is 22.7. The molecule has 1 saturated heterocycles. The summed E-state index contributed by atoms with van der Waals surface area (Å²) in [6.07, 6.45) is 3.37. The van der Waals surface area contributed by atoms with Crippen molar-refractivity contribution in [3.63, 3.8) is 0 Å². The third kappa shape index (κ3) is 7.80. The lowest BCUT2D eigenvalue weighted by Gasteiger charge is -2.31. The van der Waals surface area contributed by atoms with Gasteiger partial charge < -0.3 is 11.1 Å². The Kier molecular flexibility index (Phi) is 9.78. The molecule has 2 aromatic carbocycles. The van der Waals surface area contributed by atoms with Gasteiger partial charge in [-0.25, -0.2) is 0 Å². The molecule has 0 aliphatic carbocycles. The number of benzene rings is 2. The van der Waals surface area contributed by atoms with Crippen molar-refractivity contribution in [2.24, 2.45) is 16.6 Å². The van der Waals surface area contributed by atoms with E-state index in [1.165, 1.54) is 29.5 Å². The summed E-state index contributed by atoms with van der Waals surface area (Å²) < 4.78 is 0. The minimum atomic E-state index is 0. The number of hydrogen-bond donors (Lipinski definition) is 2. The summed E-state index contributed by atoms with van der Waals surface area (Å²) in [6.45, 7) is 7.15. The van der Waals surface area contributed by atoms with E-state index in [2.05, 4.69) is 70.7 Å². The van der Waals surface area contributed by atoms with Gasteiger partial charge in [0.15, 0.2) is 5.96 Å². The smallest absolute Gasteiger partial charge is 0.188 e. The normalized spacial score (nSPS) is 15.8. The maximum atomic E-state index is 6.03. The third-order valence-electron chi connectivity index (χ3n) is 5.32. The van der Waals surface area contributed by atoms with E-state index in [1.54, 1.807) is 0 Å². The van der Waals surface area contributed by atoms with Gasteiger partial charge in [0.1, 0.15) is 0 Å². The van der Waals surface area contributed by atoms with E-state index in [0.29, 0.717) is 11.9 Å². The zero-order valence-electron chi connectivity index (χ0n) is 16.8. The summed E-state index contributed by atoms with van der Waals surface area (Å²) in [5, 5.41) is 3.23. The molecule has 0 spiro atoms. The van der Waals surface area contributed by atoms with E-state index in [1.807, 2.05) is 6.07 Å². The van der Waals surface area contributed by atoms with Crippen molar-refractivity contribution in [2.75, 3.05) is 26.2 Å². The van der Waals surface area contributed by atoms with Crippen LogP contribution in [0.2, 0.25) is 0 Å². The number of piperidine rings is 1. The number of likely N-dealkylation sites (tertiary alicyclic amines) is 1. The van der Waals surface area contributed by atoms with E-state index in [9.17, 15) is 0 Å². The molecular weight excluding hydrogens is 459 g/mol. The summed E-state index contributed by atoms with van der Waals surface area (Å²) >= 11 is 0. The average Bonchev–Trinajstić information content (AvgIpc) is 2.70. The van der Waals surface area contributed by atoms with Crippen molar-refractivity contribution >= 4 is 29.9 Å². The Hall–Kier alpha value is -1.60. The molecule has 3 N–H and O–H groups in total. The van der Waals surface area contributed by atoms with Crippen LogP contribution in [0.25, 0.3) is 0 Å². The Bertz CT molecular complexity index is 707. The standard InChI is InChI=1S/C23H32N4.HI/c1-19-7-9-22(10-8-19)18-27-15-12-21(13-16-27)17-26-23(24)25-14-11-20-5-3-2-4-6-20;/h2-10,21H,11-18H2,1H3,(H3,24,25,26);1H. The molecule has 0 amide bonds. The van der Waals surface area contributed by atoms with E-state index in [4.69, 9.17) is 5.73 Å². The number of halogens is 1. The topological polar surface area (TPSA) is 53.6 Å². The summed E-state index contributed by atoms with van der Waals surface area (Å²) in [5.74, 6) is 1.22. The van der Waals surface area contributed by atoms with Crippen molar-refractivity contribution in [3.05, 3.63) is 71.3 Å². The minimum absolute atomic E-state index is 0. The lowest BCUT2D eigenvalue weighted by atomic mass is 9.96. The highest BCUT2D eigenvalue weighted by atomic mass is 127. The summed E-state index contributed by atoms with van der Waals surface area (Å²) in [7, 11) is 0. The monoisotopic (exact) mass is 492 g/mol. The number of hydrogen-bond acceptors (Lipinski definition) is 2. The third-order valence-corrected chi connectivity index (χ3v) is 5.32. The maximum absolute atomic E-state index is 6.03. The zero-order valence-corrected chi connectivity index (χ0v) is 19.1. The number of nitrogens with one attached hydrogen (secondary N) is 1. The van der Waals surface area contributed by atoms with Crippen LogP contribution >= 0.6 is 24.0 Å². The van der Waals surface area contributed by atoms with Crippen LogP contribution in [0, 0.1) is 12.8 Å². The Morgan fingerprint density at radius 3 is 2.39 bits per heavy atom. The molecule has 3 rings (SSSR count). The Labute approximate surface area is 186 Å². The van der Waals surface area contributed by atoms with Crippen LogP contribution in [-0.2, 0) is 13.0 Å². The molecule has 4 nitrogen and oxygen atoms in total. The number of aliphatic imine (C=N–C) groups is 1. The van der Waals surface area contributed by atoms with Gasteiger partial charge in [-0.2, -0.15) is 0 Å². The van der Waals surface area contributed by atoms with Gasteiger partial charge in [0.2, 0.25) is 0 Å². The van der Waals surface area contributed by atoms with Crippen LogP contribution in [0.3, 0.4) is 0 Å². The van der Waals surface area contributed by atoms with Crippen molar-refractivity contribution in [3.8, 4) is 0 Å². The second-order valence-electron chi connectivity index (χ2n) is 7.59. The van der Waals surface area contributed by atoms with Gasteiger partial charge in [0.05, 0.1) is 0 Å². The van der Waals surface area contributed by atoms with E-state index < -0.39 is 0 Å². The van der Waals surface area contributed by atoms with Crippen molar-refractivity contribution in [2.45, 2.75) is 32.7 Å². The molecule has 28 heavy (non-hydrogen) atoms. The van der Waals surface area contributed by atoms with E-state index in [0.717, 1.165) is 39.1 Å². The highest BCUT2D eigenvalue weighted by Crippen LogP contribution is 2.19. The van der Waals surface area contributed by atoms with Crippen molar-refractivity contribution < 1.29 is 0 Å². The molecule has 0 bridgehead atoms. The van der Waals surface area contributed by atoms with E-state index in [-0.39, 0.29) is 24.0 Å². The number of aryl methyl sites for hydroxylation is 1. The second kappa shape index (κ2) is 12.1. The molecule has 0 radical (unpaired) electrons. The Morgan fingerprint density at radius 2 is 1.71 bits per heavy atom. The van der Waals surface area contributed by atoms with Crippen LogP contribution in [-0.4, -0.2) is 37.0 Å². The van der Waals surface area contributed by atoms with Gasteiger partial charge in [0, 0.05) is 19.6 Å². The molecule has 0 unspecified atom stereocenters. The second-order valence-corrected chi connectivity index (χ2v) is 7.59. The number of nitrogens with zero attached hydrogens (tertiary/aromatic N) is 2. The lowest BCUT2D eigenvalue weighted by Crippen LogP contribution is -2.36. The Balaban J connectivity index is 0.00000280. The molecule has 1 heterocycles. The molecule has 5 heteroatoms. The van der Waals surface area contributed by atoms with Crippen LogP contribution in [0.15, 0.2) is 59.6 Å². The van der Waals surface area contributed by atoms with Crippen molar-refractivity contribution in [1.29, 1.82) is 0 Å². The average molecular weight is 492 g/mol. The fraction of sp³-hybridized carbons (Fsp3) is 0.435. The van der Waals surface area contributed by atoms with Gasteiger partial charge in [-0.1, -0.05) is 60.2 Å². The zero-order chi connectivity index (χ0) is 18.9. The Morgan fingerprint density at radius 1 is 1.04 bits per heavy atom. The van der Waals surface area contributed by atoms with Crippen molar-refractivity contribution in [1.82, 2.24) is 10.2 Å². The van der Waals surface area contributed by atoms with Crippen LogP contribution in [0.5, 0.6) is 0 Å². The number of rotatable bonds is 7. The minimum Gasteiger partial charge on any atom is -0.370 e. The highest BCUT2D eigenvalue weighted by Gasteiger charge is 2.19. The van der Waals surface area contributed by atoms with Gasteiger partial charge in [0.25, 0.3) is 0 Å². The molecule has 152 valence electrons.